The van der Waals surface area contributed by atoms with Crippen molar-refractivity contribution in [2.75, 3.05) is 31.7 Å². The van der Waals surface area contributed by atoms with E-state index >= 15 is 0 Å². The molecule has 1 unspecified atom stereocenters. The molecule has 1 rings (SSSR count). The Morgan fingerprint density at radius 2 is 1.95 bits per heavy atom. The van der Waals surface area contributed by atoms with Crippen LogP contribution >= 0.6 is 0 Å². The van der Waals surface area contributed by atoms with Crippen LogP contribution in [0.4, 0.5) is 5.69 Å². The lowest BCUT2D eigenvalue weighted by molar-refractivity contribution is -0.00734. The number of hydrogen-bond acceptors (Lipinski definition) is 4. The fourth-order valence-corrected chi connectivity index (χ4v) is 1.78. The minimum atomic E-state index is -0.519. The van der Waals surface area contributed by atoms with Crippen LogP contribution < -0.4 is 5.32 Å². The predicted molar refractivity (Wildman–Crippen MR) is 82.3 cm³/mol. The predicted octanol–water partition coefficient (Wildman–Crippen LogP) is 2.52. The van der Waals surface area contributed by atoms with Crippen molar-refractivity contribution < 1.29 is 14.6 Å². The Kier molecular flexibility index (Phi) is 7.59. The zero-order valence-electron chi connectivity index (χ0n) is 13.0. The molecular formula is C16H27NO3. The van der Waals surface area contributed by atoms with Crippen molar-refractivity contribution in [3.63, 3.8) is 0 Å². The second-order valence-corrected chi connectivity index (χ2v) is 5.35. The number of hydrogen-bond donors (Lipinski definition) is 2. The number of aliphatic hydroxyl groups excluding tert-OH is 1. The lowest BCUT2D eigenvalue weighted by Crippen LogP contribution is -2.26. The van der Waals surface area contributed by atoms with Gasteiger partial charge in [0.1, 0.15) is 0 Å². The highest BCUT2D eigenvalue weighted by Crippen LogP contribution is 2.16. The molecule has 0 heterocycles. The van der Waals surface area contributed by atoms with Crippen LogP contribution in [0, 0.1) is 13.8 Å². The standard InChI is InChI=1S/C16H27NO3/c1-12(2)20-8-7-19-11-15(18)10-17-16-9-13(3)5-6-14(16)4/h5-6,9,12,15,17-18H,7-8,10-11H2,1-4H3. The van der Waals surface area contributed by atoms with Gasteiger partial charge in [-0.1, -0.05) is 12.1 Å². The van der Waals surface area contributed by atoms with Gasteiger partial charge in [0.15, 0.2) is 0 Å². The summed E-state index contributed by atoms with van der Waals surface area (Å²) in [5.74, 6) is 0. The van der Waals surface area contributed by atoms with Gasteiger partial charge in [-0.3, -0.25) is 0 Å². The fraction of sp³-hybridized carbons (Fsp3) is 0.625. The van der Waals surface area contributed by atoms with Crippen LogP contribution in [0.25, 0.3) is 0 Å². The smallest absolute Gasteiger partial charge is 0.0945 e. The highest BCUT2D eigenvalue weighted by Gasteiger charge is 2.05. The minimum Gasteiger partial charge on any atom is -0.389 e. The van der Waals surface area contributed by atoms with E-state index in [1.54, 1.807) is 0 Å². The van der Waals surface area contributed by atoms with Crippen LogP contribution in [-0.2, 0) is 9.47 Å². The van der Waals surface area contributed by atoms with Gasteiger partial charge in [-0.15, -0.1) is 0 Å². The first kappa shape index (κ1) is 17.0. The number of ether oxygens (including phenoxy) is 2. The quantitative estimate of drug-likeness (QED) is 0.683. The van der Waals surface area contributed by atoms with E-state index < -0.39 is 6.10 Å². The molecule has 0 saturated carbocycles. The number of benzene rings is 1. The van der Waals surface area contributed by atoms with Gasteiger partial charge in [0.2, 0.25) is 0 Å². The summed E-state index contributed by atoms with van der Waals surface area (Å²) in [6.45, 7) is 9.96. The largest absolute Gasteiger partial charge is 0.389 e. The third kappa shape index (κ3) is 6.89. The van der Waals surface area contributed by atoms with Crippen molar-refractivity contribution in [1.82, 2.24) is 0 Å². The molecule has 0 fully saturated rings. The van der Waals surface area contributed by atoms with E-state index in [1.807, 2.05) is 20.8 Å². The van der Waals surface area contributed by atoms with Crippen molar-refractivity contribution in [3.8, 4) is 0 Å². The van der Waals surface area contributed by atoms with Crippen molar-refractivity contribution >= 4 is 5.69 Å². The number of aliphatic hydroxyl groups is 1. The Balaban J connectivity index is 2.19. The van der Waals surface area contributed by atoms with Crippen LogP contribution in [0.2, 0.25) is 0 Å². The lowest BCUT2D eigenvalue weighted by atomic mass is 10.1. The Morgan fingerprint density at radius 3 is 2.65 bits per heavy atom. The Hall–Kier alpha value is -1.10. The summed E-state index contributed by atoms with van der Waals surface area (Å²) in [5, 5.41) is 13.1. The fourth-order valence-electron chi connectivity index (χ4n) is 1.78. The van der Waals surface area contributed by atoms with Crippen molar-refractivity contribution in [2.45, 2.75) is 39.9 Å². The van der Waals surface area contributed by atoms with Gasteiger partial charge in [0, 0.05) is 12.2 Å². The zero-order valence-corrected chi connectivity index (χ0v) is 13.0. The van der Waals surface area contributed by atoms with E-state index in [-0.39, 0.29) is 6.10 Å². The molecule has 0 amide bonds. The third-order valence-corrected chi connectivity index (χ3v) is 2.91. The maximum Gasteiger partial charge on any atom is 0.0945 e. The van der Waals surface area contributed by atoms with Gasteiger partial charge in [-0.05, 0) is 44.9 Å². The first-order valence-corrected chi connectivity index (χ1v) is 7.17. The minimum absolute atomic E-state index is 0.217. The summed E-state index contributed by atoms with van der Waals surface area (Å²) in [6, 6.07) is 6.23. The number of aryl methyl sites for hydroxylation is 2. The summed E-state index contributed by atoms with van der Waals surface area (Å²) in [6.07, 6.45) is -0.302. The molecule has 114 valence electrons. The first-order chi connectivity index (χ1) is 9.49. The summed E-state index contributed by atoms with van der Waals surface area (Å²) in [5.41, 5.74) is 3.44. The molecule has 0 saturated heterocycles. The maximum atomic E-state index is 9.85. The van der Waals surface area contributed by atoms with E-state index in [0.717, 1.165) is 5.69 Å². The highest BCUT2D eigenvalue weighted by atomic mass is 16.5. The van der Waals surface area contributed by atoms with Crippen LogP contribution in [0.5, 0.6) is 0 Å². The third-order valence-electron chi connectivity index (χ3n) is 2.91. The number of anilines is 1. The SMILES string of the molecule is Cc1ccc(C)c(NCC(O)COCCOC(C)C)c1. The molecule has 4 nitrogen and oxygen atoms in total. The van der Waals surface area contributed by atoms with Gasteiger partial charge in [0.05, 0.1) is 32.0 Å². The van der Waals surface area contributed by atoms with Crippen molar-refractivity contribution in [3.05, 3.63) is 29.3 Å². The molecular weight excluding hydrogens is 254 g/mol. The van der Waals surface area contributed by atoms with E-state index in [4.69, 9.17) is 9.47 Å². The van der Waals surface area contributed by atoms with Crippen LogP contribution in [-0.4, -0.2) is 43.7 Å². The molecule has 4 heteroatoms. The molecule has 0 radical (unpaired) electrons. The van der Waals surface area contributed by atoms with Gasteiger partial charge in [-0.25, -0.2) is 0 Å². The topological polar surface area (TPSA) is 50.7 Å². The summed E-state index contributed by atoms with van der Waals surface area (Å²) < 4.78 is 10.7. The lowest BCUT2D eigenvalue weighted by Gasteiger charge is -2.15. The summed E-state index contributed by atoms with van der Waals surface area (Å²) in [4.78, 5) is 0. The second kappa shape index (κ2) is 8.95. The summed E-state index contributed by atoms with van der Waals surface area (Å²) >= 11 is 0. The molecule has 2 N–H and O–H groups in total. The highest BCUT2D eigenvalue weighted by molar-refractivity contribution is 5.52. The normalized spacial score (nSPS) is 12.7. The second-order valence-electron chi connectivity index (χ2n) is 5.35. The average molecular weight is 281 g/mol. The monoisotopic (exact) mass is 281 g/mol. The van der Waals surface area contributed by atoms with Crippen molar-refractivity contribution in [2.24, 2.45) is 0 Å². The Morgan fingerprint density at radius 1 is 1.20 bits per heavy atom. The molecule has 0 bridgehead atoms. The van der Waals surface area contributed by atoms with Gasteiger partial charge in [0.25, 0.3) is 0 Å². The molecule has 0 aliphatic carbocycles. The number of nitrogens with one attached hydrogen (secondary N) is 1. The molecule has 0 aliphatic heterocycles. The zero-order chi connectivity index (χ0) is 15.0. The van der Waals surface area contributed by atoms with Gasteiger partial charge >= 0.3 is 0 Å². The van der Waals surface area contributed by atoms with E-state index in [9.17, 15) is 5.11 Å². The van der Waals surface area contributed by atoms with E-state index in [1.165, 1.54) is 11.1 Å². The molecule has 1 aromatic rings. The van der Waals surface area contributed by atoms with Gasteiger partial charge < -0.3 is 19.9 Å². The van der Waals surface area contributed by atoms with Crippen LogP contribution in [0.3, 0.4) is 0 Å². The molecule has 0 aliphatic rings. The molecule has 0 spiro atoms. The van der Waals surface area contributed by atoms with Gasteiger partial charge in [-0.2, -0.15) is 0 Å². The number of rotatable bonds is 9. The molecule has 0 aromatic heterocycles. The summed E-state index contributed by atoms with van der Waals surface area (Å²) in [7, 11) is 0. The average Bonchev–Trinajstić information content (AvgIpc) is 2.39. The van der Waals surface area contributed by atoms with E-state index in [2.05, 4.69) is 30.4 Å². The van der Waals surface area contributed by atoms with Crippen LogP contribution in [0.1, 0.15) is 25.0 Å². The first-order valence-electron chi connectivity index (χ1n) is 7.17. The maximum absolute atomic E-state index is 9.85. The van der Waals surface area contributed by atoms with E-state index in [0.29, 0.717) is 26.4 Å². The Labute approximate surface area is 122 Å². The molecule has 20 heavy (non-hydrogen) atoms. The Bertz CT molecular complexity index is 393. The molecule has 1 aromatic carbocycles. The van der Waals surface area contributed by atoms with Crippen molar-refractivity contribution in [1.29, 1.82) is 0 Å². The van der Waals surface area contributed by atoms with Crippen LogP contribution in [0.15, 0.2) is 18.2 Å². The molecule has 1 atom stereocenters.